The first-order valence-electron chi connectivity index (χ1n) is 6.49. The Morgan fingerprint density at radius 1 is 1.41 bits per heavy atom. The fourth-order valence-electron chi connectivity index (χ4n) is 2.12. The minimum atomic E-state index is -0.0491. The van der Waals surface area contributed by atoms with Crippen molar-refractivity contribution in [3.8, 4) is 0 Å². The molecule has 1 heterocycles. The Kier molecular flexibility index (Phi) is 5.40. The molecule has 0 aliphatic carbocycles. The largest absolute Gasteiger partial charge is 0.469 e. The van der Waals surface area contributed by atoms with Gasteiger partial charge in [0.1, 0.15) is 0 Å². The summed E-state index contributed by atoms with van der Waals surface area (Å²) in [5.74, 6) is 0.0608. The van der Waals surface area contributed by atoms with E-state index in [0.717, 1.165) is 45.4 Å². The van der Waals surface area contributed by atoms with Crippen molar-refractivity contribution in [2.45, 2.75) is 33.1 Å². The summed E-state index contributed by atoms with van der Waals surface area (Å²) in [5, 5.41) is 0. The lowest BCUT2D eigenvalue weighted by Crippen LogP contribution is -2.39. The number of rotatable bonds is 5. The second kappa shape index (κ2) is 6.36. The van der Waals surface area contributed by atoms with Crippen LogP contribution in [-0.2, 0) is 9.53 Å². The molecule has 17 heavy (non-hydrogen) atoms. The highest BCUT2D eigenvalue weighted by Crippen LogP contribution is 2.22. The van der Waals surface area contributed by atoms with Crippen molar-refractivity contribution in [1.82, 2.24) is 4.90 Å². The van der Waals surface area contributed by atoms with Gasteiger partial charge in [0.2, 0.25) is 0 Å². The molecule has 0 spiro atoms. The first-order chi connectivity index (χ1) is 7.98. The summed E-state index contributed by atoms with van der Waals surface area (Å²) in [4.78, 5) is 13.8. The van der Waals surface area contributed by atoms with Crippen LogP contribution < -0.4 is 5.73 Å². The molecule has 1 fully saturated rings. The maximum absolute atomic E-state index is 11.4. The van der Waals surface area contributed by atoms with Crippen LogP contribution in [0.1, 0.15) is 33.1 Å². The summed E-state index contributed by atoms with van der Waals surface area (Å²) in [7, 11) is 1.47. The average molecular weight is 242 g/mol. The summed E-state index contributed by atoms with van der Waals surface area (Å²) in [5.41, 5.74) is 5.94. The van der Waals surface area contributed by atoms with Gasteiger partial charge < -0.3 is 15.4 Å². The molecule has 0 aromatic heterocycles. The zero-order valence-corrected chi connectivity index (χ0v) is 11.4. The van der Waals surface area contributed by atoms with Crippen LogP contribution in [0, 0.1) is 11.3 Å². The summed E-state index contributed by atoms with van der Waals surface area (Å²) in [6.45, 7) is 8.22. The molecule has 4 nitrogen and oxygen atoms in total. The van der Waals surface area contributed by atoms with Crippen molar-refractivity contribution >= 4 is 5.97 Å². The van der Waals surface area contributed by atoms with Gasteiger partial charge in [0, 0.05) is 0 Å². The minimum absolute atomic E-state index is 0.0491. The van der Waals surface area contributed by atoms with Crippen molar-refractivity contribution in [3.05, 3.63) is 0 Å². The first-order valence-corrected chi connectivity index (χ1v) is 6.49. The van der Waals surface area contributed by atoms with Crippen LogP contribution in [0.2, 0.25) is 0 Å². The molecule has 1 saturated heterocycles. The molecular formula is C13H26N2O2. The maximum Gasteiger partial charge on any atom is 0.308 e. The van der Waals surface area contributed by atoms with Gasteiger partial charge in [-0.3, -0.25) is 4.79 Å². The number of piperidine rings is 1. The third-order valence-electron chi connectivity index (χ3n) is 3.78. The van der Waals surface area contributed by atoms with Crippen molar-refractivity contribution in [2.75, 3.05) is 33.3 Å². The molecule has 1 rings (SSSR count). The molecule has 0 aromatic rings. The van der Waals surface area contributed by atoms with E-state index in [0.29, 0.717) is 0 Å². The lowest BCUT2D eigenvalue weighted by atomic mass is 9.88. The second-order valence-electron chi connectivity index (χ2n) is 5.76. The van der Waals surface area contributed by atoms with Gasteiger partial charge in [-0.15, -0.1) is 0 Å². The van der Waals surface area contributed by atoms with E-state index in [1.54, 1.807) is 0 Å². The monoisotopic (exact) mass is 242 g/mol. The van der Waals surface area contributed by atoms with Gasteiger partial charge in [-0.2, -0.15) is 0 Å². The molecule has 0 radical (unpaired) electrons. The summed E-state index contributed by atoms with van der Waals surface area (Å²) < 4.78 is 4.78. The number of hydrogen-bond donors (Lipinski definition) is 1. The van der Waals surface area contributed by atoms with Crippen LogP contribution in [0.5, 0.6) is 0 Å². The summed E-state index contributed by atoms with van der Waals surface area (Å²) in [6.07, 6.45) is 2.97. The minimum Gasteiger partial charge on any atom is -0.469 e. The van der Waals surface area contributed by atoms with Crippen LogP contribution in [0.4, 0.5) is 0 Å². The number of hydrogen-bond acceptors (Lipinski definition) is 4. The van der Waals surface area contributed by atoms with E-state index in [9.17, 15) is 4.79 Å². The van der Waals surface area contributed by atoms with Crippen LogP contribution in [0.25, 0.3) is 0 Å². The molecule has 1 aliphatic heterocycles. The average Bonchev–Trinajstić information content (AvgIpc) is 2.36. The Bertz CT molecular complexity index is 246. The normalized spacial score (nSPS) is 19.3. The summed E-state index contributed by atoms with van der Waals surface area (Å²) in [6, 6.07) is 0. The van der Waals surface area contributed by atoms with E-state index in [1.165, 1.54) is 7.11 Å². The highest BCUT2D eigenvalue weighted by atomic mass is 16.5. The molecule has 0 saturated carbocycles. The summed E-state index contributed by atoms with van der Waals surface area (Å²) >= 11 is 0. The van der Waals surface area contributed by atoms with Crippen molar-refractivity contribution in [3.63, 3.8) is 0 Å². The van der Waals surface area contributed by atoms with Gasteiger partial charge in [-0.25, -0.2) is 0 Å². The van der Waals surface area contributed by atoms with Crippen LogP contribution in [0.15, 0.2) is 0 Å². The second-order valence-corrected chi connectivity index (χ2v) is 5.76. The van der Waals surface area contributed by atoms with E-state index in [2.05, 4.69) is 18.7 Å². The Balaban J connectivity index is 2.26. The smallest absolute Gasteiger partial charge is 0.308 e. The molecule has 0 amide bonds. The number of likely N-dealkylation sites (tertiary alicyclic amines) is 1. The number of methoxy groups -OCH3 is 1. The number of nitrogens with zero attached hydrogens (tertiary/aromatic N) is 1. The van der Waals surface area contributed by atoms with Crippen molar-refractivity contribution in [1.29, 1.82) is 0 Å². The zero-order valence-electron chi connectivity index (χ0n) is 11.4. The van der Waals surface area contributed by atoms with Gasteiger partial charge in [0.15, 0.2) is 0 Å². The van der Waals surface area contributed by atoms with E-state index >= 15 is 0 Å². The van der Waals surface area contributed by atoms with E-state index in [4.69, 9.17) is 10.5 Å². The molecule has 0 bridgehead atoms. The quantitative estimate of drug-likeness (QED) is 0.737. The lowest BCUT2D eigenvalue weighted by Gasteiger charge is -2.33. The molecular weight excluding hydrogens is 216 g/mol. The standard InChI is InChI=1S/C13H26N2O2/c1-13(2,10-14)6-9-15-7-4-11(5-8-15)12(16)17-3/h11H,4-10,14H2,1-3H3. The number of carbonyl (C=O) groups excluding carboxylic acids is 1. The maximum atomic E-state index is 11.4. The van der Waals surface area contributed by atoms with Gasteiger partial charge >= 0.3 is 5.97 Å². The topological polar surface area (TPSA) is 55.6 Å². The number of nitrogens with two attached hydrogens (primary N) is 1. The fourth-order valence-corrected chi connectivity index (χ4v) is 2.12. The SMILES string of the molecule is COC(=O)C1CCN(CCC(C)(C)CN)CC1. The van der Waals surface area contributed by atoms with E-state index in [1.807, 2.05) is 0 Å². The Morgan fingerprint density at radius 3 is 2.47 bits per heavy atom. The molecule has 0 atom stereocenters. The van der Waals surface area contributed by atoms with E-state index in [-0.39, 0.29) is 17.3 Å². The highest BCUT2D eigenvalue weighted by molar-refractivity contribution is 5.72. The third-order valence-corrected chi connectivity index (χ3v) is 3.78. The predicted octanol–water partition coefficient (Wildman–Crippen LogP) is 1.25. The number of carbonyl (C=O) groups is 1. The van der Waals surface area contributed by atoms with Gasteiger partial charge in [0.05, 0.1) is 13.0 Å². The lowest BCUT2D eigenvalue weighted by molar-refractivity contribution is -0.147. The molecule has 100 valence electrons. The first kappa shape index (κ1) is 14.5. The molecule has 4 heteroatoms. The van der Waals surface area contributed by atoms with Crippen LogP contribution in [-0.4, -0.2) is 44.2 Å². The fraction of sp³-hybridized carbons (Fsp3) is 0.923. The Hall–Kier alpha value is -0.610. The molecule has 1 aliphatic rings. The van der Waals surface area contributed by atoms with Crippen molar-refractivity contribution in [2.24, 2.45) is 17.1 Å². The van der Waals surface area contributed by atoms with Gasteiger partial charge in [0.25, 0.3) is 0 Å². The van der Waals surface area contributed by atoms with E-state index < -0.39 is 0 Å². The Labute approximate surface area is 104 Å². The molecule has 0 unspecified atom stereocenters. The molecule has 2 N–H and O–H groups in total. The van der Waals surface area contributed by atoms with Crippen LogP contribution >= 0.6 is 0 Å². The predicted molar refractivity (Wildman–Crippen MR) is 68.6 cm³/mol. The van der Waals surface area contributed by atoms with Crippen molar-refractivity contribution < 1.29 is 9.53 Å². The molecule has 0 aromatic carbocycles. The zero-order chi connectivity index (χ0) is 12.9. The number of esters is 1. The Morgan fingerprint density at radius 2 is 2.00 bits per heavy atom. The van der Waals surface area contributed by atoms with Crippen LogP contribution in [0.3, 0.4) is 0 Å². The highest BCUT2D eigenvalue weighted by Gasteiger charge is 2.26. The van der Waals surface area contributed by atoms with Gasteiger partial charge in [-0.05, 0) is 50.9 Å². The van der Waals surface area contributed by atoms with Gasteiger partial charge in [-0.1, -0.05) is 13.8 Å². The third kappa shape index (κ3) is 4.64. The number of ether oxygens (including phenoxy) is 1.